The Kier molecular flexibility index (Phi) is 5.81. The molecule has 1 saturated heterocycles. The lowest BCUT2D eigenvalue weighted by molar-refractivity contribution is 0.0717. The molecule has 1 aliphatic rings. The topological polar surface area (TPSA) is 40.6 Å². The normalized spacial score (nSPS) is 15.0. The van der Waals surface area contributed by atoms with E-state index in [0.29, 0.717) is 42.2 Å². The molecule has 0 N–H and O–H groups in total. The number of benzene rings is 2. The van der Waals surface area contributed by atoms with E-state index in [1.165, 1.54) is 0 Å². The summed E-state index contributed by atoms with van der Waals surface area (Å²) in [4.78, 5) is 29.7. The molecule has 1 aliphatic heterocycles. The van der Waals surface area contributed by atoms with E-state index in [1.54, 1.807) is 6.07 Å². The molecular weight excluding hydrogens is 400 g/mol. The zero-order valence-electron chi connectivity index (χ0n) is 13.7. The summed E-state index contributed by atoms with van der Waals surface area (Å²) in [5.74, 6) is -0.0139. The van der Waals surface area contributed by atoms with Crippen LogP contribution >= 0.6 is 28.6 Å². The number of amides is 2. The molecule has 0 atom stereocenters. The molecule has 0 bridgehead atoms. The minimum Gasteiger partial charge on any atom is -0.337 e. The molecule has 130 valence electrons. The highest BCUT2D eigenvalue weighted by atomic mass is 79.9. The molecular formula is C19H19BrN2O2S. The Morgan fingerprint density at radius 1 is 0.840 bits per heavy atom. The van der Waals surface area contributed by atoms with Crippen molar-refractivity contribution in [3.05, 3.63) is 64.1 Å². The highest BCUT2D eigenvalue weighted by molar-refractivity contribution is 9.10. The van der Waals surface area contributed by atoms with Crippen LogP contribution in [0.2, 0.25) is 0 Å². The van der Waals surface area contributed by atoms with Crippen LogP contribution in [0.1, 0.15) is 27.1 Å². The Bertz CT molecular complexity index is 779. The maximum atomic E-state index is 12.7. The Hall–Kier alpha value is -1.79. The fourth-order valence-corrected chi connectivity index (χ4v) is 3.44. The van der Waals surface area contributed by atoms with Crippen LogP contribution in [-0.2, 0) is 0 Å². The van der Waals surface area contributed by atoms with E-state index in [2.05, 4.69) is 28.6 Å². The van der Waals surface area contributed by atoms with E-state index in [0.717, 1.165) is 10.9 Å². The molecule has 6 heteroatoms. The minimum absolute atomic E-state index is 0.0106. The lowest BCUT2D eigenvalue weighted by atomic mass is 10.2. The van der Waals surface area contributed by atoms with Crippen LogP contribution in [0.15, 0.2) is 57.9 Å². The van der Waals surface area contributed by atoms with Crippen molar-refractivity contribution in [1.29, 1.82) is 0 Å². The van der Waals surface area contributed by atoms with E-state index < -0.39 is 0 Å². The van der Waals surface area contributed by atoms with E-state index in [1.807, 2.05) is 52.3 Å². The average molecular weight is 419 g/mol. The molecule has 3 rings (SSSR count). The molecule has 2 aromatic rings. The Morgan fingerprint density at radius 2 is 1.44 bits per heavy atom. The van der Waals surface area contributed by atoms with Gasteiger partial charge in [-0.15, -0.1) is 12.6 Å². The van der Waals surface area contributed by atoms with Crippen molar-refractivity contribution in [2.45, 2.75) is 11.3 Å². The predicted molar refractivity (Wildman–Crippen MR) is 104 cm³/mol. The molecule has 4 nitrogen and oxygen atoms in total. The van der Waals surface area contributed by atoms with Crippen LogP contribution < -0.4 is 0 Å². The van der Waals surface area contributed by atoms with Gasteiger partial charge in [0, 0.05) is 41.1 Å². The molecule has 1 heterocycles. The summed E-state index contributed by atoms with van der Waals surface area (Å²) in [6.07, 6.45) is 0.767. The standard InChI is InChI=1S/C19H19BrN2O2S/c20-15-8-6-14(7-9-15)18(23)21-10-3-11-22(13-12-21)19(24)16-4-1-2-5-17(16)25/h1-2,4-9,25H,3,10-13H2. The molecule has 0 unspecified atom stereocenters. The van der Waals surface area contributed by atoms with Gasteiger partial charge in [-0.25, -0.2) is 0 Å². The van der Waals surface area contributed by atoms with Gasteiger partial charge in [0.1, 0.15) is 0 Å². The molecule has 0 saturated carbocycles. The summed E-state index contributed by atoms with van der Waals surface area (Å²) in [7, 11) is 0. The second-order valence-corrected chi connectivity index (χ2v) is 7.36. The fraction of sp³-hybridized carbons (Fsp3) is 0.263. The Labute approximate surface area is 161 Å². The number of rotatable bonds is 2. The summed E-state index contributed by atoms with van der Waals surface area (Å²) < 4.78 is 0.946. The van der Waals surface area contributed by atoms with Crippen molar-refractivity contribution in [2.75, 3.05) is 26.2 Å². The zero-order valence-corrected chi connectivity index (χ0v) is 16.2. The molecule has 2 aromatic carbocycles. The SMILES string of the molecule is O=C(c1ccc(Br)cc1)N1CCCN(C(=O)c2ccccc2S)CC1. The summed E-state index contributed by atoms with van der Waals surface area (Å²) in [6.45, 7) is 2.37. The second kappa shape index (κ2) is 8.06. The zero-order chi connectivity index (χ0) is 17.8. The van der Waals surface area contributed by atoms with E-state index in [-0.39, 0.29) is 11.8 Å². The third-order valence-corrected chi connectivity index (χ3v) is 5.21. The predicted octanol–water partition coefficient (Wildman–Crippen LogP) is 3.73. The highest BCUT2D eigenvalue weighted by Gasteiger charge is 2.24. The van der Waals surface area contributed by atoms with Crippen LogP contribution in [0, 0.1) is 0 Å². The number of carbonyl (C=O) groups excluding carboxylic acids is 2. The van der Waals surface area contributed by atoms with Gasteiger partial charge in [-0.05, 0) is 42.8 Å². The summed E-state index contributed by atoms with van der Waals surface area (Å²) in [5, 5.41) is 0. The summed E-state index contributed by atoms with van der Waals surface area (Å²) in [6, 6.07) is 14.7. The first-order chi connectivity index (χ1) is 12.1. The van der Waals surface area contributed by atoms with Gasteiger partial charge in [-0.1, -0.05) is 28.1 Å². The van der Waals surface area contributed by atoms with Crippen LogP contribution in [-0.4, -0.2) is 47.8 Å². The van der Waals surface area contributed by atoms with Crippen LogP contribution in [0.25, 0.3) is 0 Å². The van der Waals surface area contributed by atoms with Gasteiger partial charge >= 0.3 is 0 Å². The first kappa shape index (κ1) is 18.0. The van der Waals surface area contributed by atoms with E-state index >= 15 is 0 Å². The average Bonchev–Trinajstić information content (AvgIpc) is 2.88. The van der Waals surface area contributed by atoms with Crippen LogP contribution in [0.4, 0.5) is 0 Å². The van der Waals surface area contributed by atoms with Crippen molar-refractivity contribution in [2.24, 2.45) is 0 Å². The highest BCUT2D eigenvalue weighted by Crippen LogP contribution is 2.18. The number of carbonyl (C=O) groups is 2. The van der Waals surface area contributed by atoms with Crippen molar-refractivity contribution >= 4 is 40.4 Å². The maximum Gasteiger partial charge on any atom is 0.255 e. The Morgan fingerprint density at radius 3 is 2.08 bits per heavy atom. The lowest BCUT2D eigenvalue weighted by Gasteiger charge is -2.22. The molecule has 0 aliphatic carbocycles. The van der Waals surface area contributed by atoms with Gasteiger partial charge in [0.15, 0.2) is 0 Å². The van der Waals surface area contributed by atoms with Crippen molar-refractivity contribution < 1.29 is 9.59 Å². The quantitative estimate of drug-likeness (QED) is 0.754. The summed E-state index contributed by atoms with van der Waals surface area (Å²) >= 11 is 7.75. The number of hydrogen-bond acceptors (Lipinski definition) is 3. The van der Waals surface area contributed by atoms with Crippen LogP contribution in [0.5, 0.6) is 0 Å². The summed E-state index contributed by atoms with van der Waals surface area (Å²) in [5.41, 5.74) is 1.28. The number of halogens is 1. The van der Waals surface area contributed by atoms with Crippen LogP contribution in [0.3, 0.4) is 0 Å². The van der Waals surface area contributed by atoms with Crippen molar-refractivity contribution in [3.8, 4) is 0 Å². The number of thiol groups is 1. The van der Waals surface area contributed by atoms with Gasteiger partial charge in [-0.3, -0.25) is 9.59 Å². The molecule has 2 amide bonds. The molecule has 25 heavy (non-hydrogen) atoms. The van der Waals surface area contributed by atoms with Gasteiger partial charge < -0.3 is 9.80 Å². The first-order valence-corrected chi connectivity index (χ1v) is 9.42. The molecule has 1 fully saturated rings. The monoisotopic (exact) mass is 418 g/mol. The second-order valence-electron chi connectivity index (χ2n) is 5.96. The van der Waals surface area contributed by atoms with Gasteiger partial charge in [0.25, 0.3) is 11.8 Å². The van der Waals surface area contributed by atoms with Crippen molar-refractivity contribution in [1.82, 2.24) is 9.80 Å². The fourth-order valence-electron chi connectivity index (χ4n) is 2.92. The first-order valence-electron chi connectivity index (χ1n) is 8.18. The maximum absolute atomic E-state index is 12.7. The third kappa shape index (κ3) is 4.25. The smallest absolute Gasteiger partial charge is 0.255 e. The minimum atomic E-state index is -0.0245. The van der Waals surface area contributed by atoms with Gasteiger partial charge in [0.2, 0.25) is 0 Å². The van der Waals surface area contributed by atoms with E-state index in [9.17, 15) is 9.59 Å². The molecule has 0 radical (unpaired) electrons. The van der Waals surface area contributed by atoms with Crippen molar-refractivity contribution in [3.63, 3.8) is 0 Å². The lowest BCUT2D eigenvalue weighted by Crippen LogP contribution is -2.37. The Balaban J connectivity index is 1.68. The van der Waals surface area contributed by atoms with Gasteiger partial charge in [0.05, 0.1) is 5.56 Å². The molecule has 0 aromatic heterocycles. The van der Waals surface area contributed by atoms with Gasteiger partial charge in [-0.2, -0.15) is 0 Å². The number of hydrogen-bond donors (Lipinski definition) is 1. The van der Waals surface area contributed by atoms with E-state index in [4.69, 9.17) is 0 Å². The number of nitrogens with zero attached hydrogens (tertiary/aromatic N) is 2. The molecule has 0 spiro atoms. The third-order valence-electron chi connectivity index (χ3n) is 4.30. The largest absolute Gasteiger partial charge is 0.337 e.